The third kappa shape index (κ3) is 5.58. The summed E-state index contributed by atoms with van der Waals surface area (Å²) >= 11 is 9.12. The normalized spacial score (nSPS) is 17.9. The highest BCUT2D eigenvalue weighted by Crippen LogP contribution is 2.33. The monoisotopic (exact) mass is 546 g/mol. The zero-order chi connectivity index (χ0) is 24.1. The maximum absolute atomic E-state index is 13.6. The molecule has 1 amide bonds. The van der Waals surface area contributed by atoms with Crippen molar-refractivity contribution in [1.29, 1.82) is 0 Å². The zero-order valence-electron chi connectivity index (χ0n) is 18.2. The largest absolute Gasteiger partial charge is 0.487 e. The molecule has 8 nitrogen and oxygen atoms in total. The molecule has 1 aliphatic heterocycles. The molecule has 0 saturated carbocycles. The van der Waals surface area contributed by atoms with Gasteiger partial charge in [-0.15, -0.1) is 0 Å². The van der Waals surface area contributed by atoms with Crippen LogP contribution in [0.5, 0.6) is 5.75 Å². The second-order valence-electron chi connectivity index (χ2n) is 7.53. The molecule has 0 spiro atoms. The molecule has 180 valence electrons. The number of nitrogens with zero attached hydrogens (tertiary/aromatic N) is 2. The number of carbonyl (C=O) groups excluding carboxylic acids is 1. The first-order chi connectivity index (χ1) is 15.8. The highest BCUT2D eigenvalue weighted by Gasteiger charge is 2.41. The predicted octanol–water partition coefficient (Wildman–Crippen LogP) is 3.72. The Morgan fingerprint density at radius 2 is 2.06 bits per heavy atom. The van der Waals surface area contributed by atoms with Crippen LogP contribution < -0.4 is 10.2 Å². The minimum Gasteiger partial charge on any atom is -0.487 e. The van der Waals surface area contributed by atoms with Crippen LogP contribution in [0.4, 0.5) is 4.39 Å². The standard InChI is InChI=1S/C22H25BrClFN2O6/c1-3-4-7-33-20-18-22(30)27(9-13-5-6-16(25)15(24)8-13)21(29)17(11-32-12-31-2)26(18)10-14(23)19(20)28/h5-6,8,10,17,21,29H,3-4,7,9,11-12H2,1-2H3. The van der Waals surface area contributed by atoms with E-state index < -0.39 is 29.4 Å². The summed E-state index contributed by atoms with van der Waals surface area (Å²) in [6.07, 6.45) is 1.66. The number of hydrogen-bond acceptors (Lipinski definition) is 6. The number of benzene rings is 1. The summed E-state index contributed by atoms with van der Waals surface area (Å²) in [6.45, 7) is 2.12. The van der Waals surface area contributed by atoms with Crippen molar-refractivity contribution in [1.82, 2.24) is 9.47 Å². The maximum atomic E-state index is 13.6. The number of hydrogen-bond donors (Lipinski definition) is 1. The number of aliphatic hydroxyl groups excluding tert-OH is 1. The Labute approximate surface area is 203 Å². The lowest BCUT2D eigenvalue weighted by molar-refractivity contribution is -0.0916. The Balaban J connectivity index is 2.07. The number of halogens is 3. The van der Waals surface area contributed by atoms with Crippen LogP contribution in [-0.2, 0) is 16.0 Å². The van der Waals surface area contributed by atoms with Crippen LogP contribution in [0, 0.1) is 5.82 Å². The average molecular weight is 548 g/mol. The third-order valence-corrected chi connectivity index (χ3v) is 6.06. The summed E-state index contributed by atoms with van der Waals surface area (Å²) in [5.74, 6) is -1.30. The fraction of sp³-hybridized carbons (Fsp3) is 0.455. The smallest absolute Gasteiger partial charge is 0.276 e. The Hall–Kier alpha value is -1.98. The highest BCUT2D eigenvalue weighted by atomic mass is 79.9. The number of unbranched alkanes of at least 4 members (excludes halogenated alkanes) is 1. The van der Waals surface area contributed by atoms with E-state index in [-0.39, 0.29) is 47.5 Å². The van der Waals surface area contributed by atoms with E-state index >= 15 is 0 Å². The Morgan fingerprint density at radius 1 is 1.30 bits per heavy atom. The lowest BCUT2D eigenvalue weighted by atomic mass is 10.1. The molecule has 0 aliphatic carbocycles. The van der Waals surface area contributed by atoms with Gasteiger partial charge in [0.1, 0.15) is 18.7 Å². The number of fused-ring (bicyclic) bond motifs is 1. The quantitative estimate of drug-likeness (QED) is 0.360. The van der Waals surface area contributed by atoms with Crippen LogP contribution in [0.15, 0.2) is 33.7 Å². The Kier molecular flexibility index (Phi) is 8.88. The Bertz CT molecular complexity index is 1070. The molecule has 1 aromatic carbocycles. The lowest BCUT2D eigenvalue weighted by Crippen LogP contribution is -2.52. The number of carbonyl (C=O) groups is 1. The SMILES string of the molecule is CCCCOc1c2n(cc(Br)c1=O)C(COCOC)C(O)N(Cc1ccc(F)c(Cl)c1)C2=O. The van der Waals surface area contributed by atoms with Crippen molar-refractivity contribution in [3.05, 3.63) is 61.2 Å². The number of amides is 1. The van der Waals surface area contributed by atoms with Crippen LogP contribution in [0.25, 0.3) is 0 Å². The number of ether oxygens (including phenoxy) is 3. The molecule has 3 rings (SSSR count). The molecule has 2 heterocycles. The minimum absolute atomic E-state index is 0.00354. The van der Waals surface area contributed by atoms with Crippen LogP contribution in [0.1, 0.15) is 41.9 Å². The minimum atomic E-state index is -1.32. The van der Waals surface area contributed by atoms with Crippen molar-refractivity contribution in [2.75, 3.05) is 27.1 Å². The van der Waals surface area contributed by atoms with Gasteiger partial charge in [0, 0.05) is 19.9 Å². The molecule has 0 radical (unpaired) electrons. The van der Waals surface area contributed by atoms with Crippen molar-refractivity contribution in [3.8, 4) is 5.75 Å². The molecular weight excluding hydrogens is 523 g/mol. The summed E-state index contributed by atoms with van der Waals surface area (Å²) in [6, 6.07) is 3.27. The number of aromatic nitrogens is 1. The van der Waals surface area contributed by atoms with E-state index in [1.807, 2.05) is 6.92 Å². The van der Waals surface area contributed by atoms with Gasteiger partial charge in [-0.05, 0) is 40.0 Å². The molecule has 1 N–H and O–H groups in total. The van der Waals surface area contributed by atoms with Crippen molar-refractivity contribution in [2.45, 2.75) is 38.6 Å². The van der Waals surface area contributed by atoms with Crippen LogP contribution in [-0.4, -0.2) is 53.8 Å². The molecule has 1 aromatic heterocycles. The second kappa shape index (κ2) is 11.4. The molecule has 0 bridgehead atoms. The van der Waals surface area contributed by atoms with Gasteiger partial charge in [0.25, 0.3) is 5.91 Å². The first-order valence-electron chi connectivity index (χ1n) is 10.4. The lowest BCUT2D eigenvalue weighted by Gasteiger charge is -2.40. The molecular formula is C22H25BrClFN2O6. The molecule has 2 aromatic rings. The van der Waals surface area contributed by atoms with Crippen molar-refractivity contribution >= 4 is 33.4 Å². The van der Waals surface area contributed by atoms with E-state index in [1.54, 1.807) is 0 Å². The Morgan fingerprint density at radius 3 is 2.73 bits per heavy atom. The number of aliphatic hydroxyl groups is 1. The summed E-state index contributed by atoms with van der Waals surface area (Å²) < 4.78 is 31.4. The van der Waals surface area contributed by atoms with Gasteiger partial charge in [0.05, 0.1) is 22.7 Å². The summed E-state index contributed by atoms with van der Waals surface area (Å²) in [7, 11) is 1.46. The van der Waals surface area contributed by atoms with E-state index in [1.165, 1.54) is 41.0 Å². The fourth-order valence-corrected chi connectivity index (χ4v) is 4.13. The highest BCUT2D eigenvalue weighted by molar-refractivity contribution is 9.10. The van der Waals surface area contributed by atoms with Crippen molar-refractivity contribution in [3.63, 3.8) is 0 Å². The van der Waals surface area contributed by atoms with E-state index in [9.17, 15) is 19.1 Å². The molecule has 2 unspecified atom stereocenters. The van der Waals surface area contributed by atoms with Gasteiger partial charge >= 0.3 is 0 Å². The second-order valence-corrected chi connectivity index (χ2v) is 8.79. The number of methoxy groups -OCH3 is 1. The van der Waals surface area contributed by atoms with Gasteiger partial charge in [-0.2, -0.15) is 0 Å². The van der Waals surface area contributed by atoms with E-state index in [2.05, 4.69) is 15.9 Å². The van der Waals surface area contributed by atoms with Gasteiger partial charge in [0.15, 0.2) is 17.7 Å². The van der Waals surface area contributed by atoms with Gasteiger partial charge in [-0.3, -0.25) is 9.59 Å². The molecule has 2 atom stereocenters. The third-order valence-electron chi connectivity index (χ3n) is 5.20. The molecule has 11 heteroatoms. The number of rotatable bonds is 10. The van der Waals surface area contributed by atoms with E-state index in [4.69, 9.17) is 25.8 Å². The van der Waals surface area contributed by atoms with Crippen LogP contribution in [0.3, 0.4) is 0 Å². The van der Waals surface area contributed by atoms with Crippen LogP contribution >= 0.6 is 27.5 Å². The molecule has 1 aliphatic rings. The summed E-state index contributed by atoms with van der Waals surface area (Å²) in [4.78, 5) is 27.5. The number of pyridine rings is 1. The van der Waals surface area contributed by atoms with Crippen molar-refractivity contribution in [2.24, 2.45) is 0 Å². The first kappa shape index (κ1) is 25.6. The fourth-order valence-electron chi connectivity index (χ4n) is 3.53. The van der Waals surface area contributed by atoms with Gasteiger partial charge < -0.3 is 28.8 Å². The topological polar surface area (TPSA) is 90.2 Å². The molecule has 33 heavy (non-hydrogen) atoms. The van der Waals surface area contributed by atoms with Gasteiger partial charge in [0.2, 0.25) is 5.43 Å². The molecule has 0 fully saturated rings. The van der Waals surface area contributed by atoms with Gasteiger partial charge in [-0.25, -0.2) is 4.39 Å². The predicted molar refractivity (Wildman–Crippen MR) is 123 cm³/mol. The van der Waals surface area contributed by atoms with E-state index in [0.29, 0.717) is 12.0 Å². The summed E-state index contributed by atoms with van der Waals surface area (Å²) in [5.41, 5.74) is 0.0407. The van der Waals surface area contributed by atoms with E-state index in [0.717, 1.165) is 6.42 Å². The molecule has 0 saturated heterocycles. The van der Waals surface area contributed by atoms with Gasteiger partial charge in [-0.1, -0.05) is 31.0 Å². The summed E-state index contributed by atoms with van der Waals surface area (Å²) in [5, 5.41) is 11.0. The van der Waals surface area contributed by atoms with Crippen molar-refractivity contribution < 1.29 is 28.5 Å². The zero-order valence-corrected chi connectivity index (χ0v) is 20.6. The first-order valence-corrected chi connectivity index (χ1v) is 11.5. The average Bonchev–Trinajstić information content (AvgIpc) is 2.78. The maximum Gasteiger partial charge on any atom is 0.276 e. The van der Waals surface area contributed by atoms with Crippen LogP contribution in [0.2, 0.25) is 5.02 Å².